The fraction of sp³-hybridized carbons (Fsp3) is 0. The molecule has 0 saturated carbocycles. The molecule has 4 heteroatoms. The van der Waals surface area contributed by atoms with Crippen molar-refractivity contribution in [2.24, 2.45) is 0 Å². The van der Waals surface area contributed by atoms with Crippen LogP contribution in [0, 0.1) is 0 Å². The molecule has 0 fully saturated rings. The van der Waals surface area contributed by atoms with E-state index in [-0.39, 0.29) is 46.0 Å². The molecule has 0 N–H and O–H groups in total. The molecule has 0 aromatic rings. The molecule has 0 spiro atoms. The Morgan fingerprint density at radius 3 is 1.25 bits per heavy atom. The van der Waals surface area contributed by atoms with Gasteiger partial charge >= 0.3 is 69.7 Å². The Morgan fingerprint density at radius 1 is 1.25 bits per heavy atom. The molecule has 24 valence electrons. The topological polar surface area (TPSA) is 17.1 Å². The molecule has 0 aliphatic carbocycles. The SMILES string of the molecule is [BiH3].[GaH3].[O]=[Ti]. The van der Waals surface area contributed by atoms with Crippen LogP contribution in [0.1, 0.15) is 0 Å². The Kier molecular flexibility index (Phi) is 82.2. The summed E-state index contributed by atoms with van der Waals surface area (Å²) in [6, 6.07) is 0. The first-order valence-electron chi connectivity index (χ1n) is 0.204. The molecule has 0 radical (unpaired) electrons. The van der Waals surface area contributed by atoms with E-state index in [0.717, 1.165) is 20.4 Å². The predicted octanol–water partition coefficient (Wildman–Crippen LogP) is -2.49. The maximum atomic E-state index is 8.25. The van der Waals surface area contributed by atoms with Crippen molar-refractivity contribution in [2.75, 3.05) is 0 Å². The third-order valence-electron chi connectivity index (χ3n) is 0. The molecule has 0 aromatic heterocycles. The average Bonchev–Trinajstić information content (AvgIpc) is 1.00. The fourth-order valence-corrected chi connectivity index (χ4v) is 0. The molecule has 0 bridgehead atoms. The van der Waals surface area contributed by atoms with E-state index in [2.05, 4.69) is 0 Å². The summed E-state index contributed by atoms with van der Waals surface area (Å²) >= 11 is 0.750. The molecule has 1 nitrogen and oxygen atoms in total. The third kappa shape index (κ3) is 8.98. The Hall–Kier alpha value is 2.03. The molecular weight excluding hydrogens is 343 g/mol. The Morgan fingerprint density at radius 2 is 1.25 bits per heavy atom. The zero-order chi connectivity index (χ0) is 2.00. The summed E-state index contributed by atoms with van der Waals surface area (Å²) in [4.78, 5) is 0. The molecule has 4 heavy (non-hydrogen) atoms. The molecule has 0 aliphatic heterocycles. The van der Waals surface area contributed by atoms with Gasteiger partial charge in [-0.2, -0.15) is 0 Å². The summed E-state index contributed by atoms with van der Waals surface area (Å²) in [5.74, 6) is 0. The standard InChI is InChI=1S/Bi.Ga.O.Ti.6H. The van der Waals surface area contributed by atoms with E-state index in [1.807, 2.05) is 0 Å². The van der Waals surface area contributed by atoms with E-state index in [4.69, 9.17) is 3.32 Å². The Labute approximate surface area is 68.8 Å². The van der Waals surface area contributed by atoms with E-state index in [0.29, 0.717) is 0 Å². The first-order valence-corrected chi connectivity index (χ1v) is 0.842. The zero-order valence-corrected chi connectivity index (χ0v) is 8.67. The van der Waals surface area contributed by atoms with Gasteiger partial charge in [-0.1, -0.05) is 0 Å². The van der Waals surface area contributed by atoms with Gasteiger partial charge in [-0.25, -0.2) is 0 Å². The van der Waals surface area contributed by atoms with Crippen LogP contribution in [0.2, 0.25) is 0 Å². The van der Waals surface area contributed by atoms with E-state index >= 15 is 0 Å². The molecule has 0 saturated heterocycles. The van der Waals surface area contributed by atoms with Gasteiger partial charge in [0.2, 0.25) is 0 Å². The van der Waals surface area contributed by atoms with Gasteiger partial charge in [-0.05, 0) is 0 Å². The van der Waals surface area contributed by atoms with Gasteiger partial charge in [0.25, 0.3) is 0 Å². The molecule has 0 heterocycles. The number of rotatable bonds is 0. The third-order valence-corrected chi connectivity index (χ3v) is 0. The van der Waals surface area contributed by atoms with Crippen molar-refractivity contribution >= 4 is 46.0 Å². The fourth-order valence-electron chi connectivity index (χ4n) is 0. The van der Waals surface area contributed by atoms with Crippen molar-refractivity contribution in [3.8, 4) is 0 Å². The molecule has 0 atom stereocenters. The van der Waals surface area contributed by atoms with Crippen LogP contribution in [-0.2, 0) is 23.7 Å². The van der Waals surface area contributed by atoms with E-state index in [1.165, 1.54) is 0 Å². The summed E-state index contributed by atoms with van der Waals surface area (Å²) in [6.45, 7) is 0. The van der Waals surface area contributed by atoms with Crippen molar-refractivity contribution in [2.45, 2.75) is 0 Å². The van der Waals surface area contributed by atoms with Crippen LogP contribution in [0.4, 0.5) is 0 Å². The summed E-state index contributed by atoms with van der Waals surface area (Å²) in [7, 11) is 0. The van der Waals surface area contributed by atoms with Gasteiger partial charge < -0.3 is 0 Å². The van der Waals surface area contributed by atoms with Crippen LogP contribution < -0.4 is 0 Å². The molecular formula is H6BiGaOTi. The van der Waals surface area contributed by atoms with Crippen LogP contribution in [0.3, 0.4) is 0 Å². The van der Waals surface area contributed by atoms with Gasteiger partial charge in [0.1, 0.15) is 0 Å². The van der Waals surface area contributed by atoms with Crippen LogP contribution in [0.25, 0.3) is 0 Å². The van der Waals surface area contributed by atoms with Gasteiger partial charge in [-0.15, -0.1) is 0 Å². The van der Waals surface area contributed by atoms with Crippen molar-refractivity contribution in [1.82, 2.24) is 0 Å². The average molecular weight is 349 g/mol. The monoisotopic (exact) mass is 348 g/mol. The minimum atomic E-state index is 0. The summed E-state index contributed by atoms with van der Waals surface area (Å²) in [5.41, 5.74) is 0. The second-order valence-corrected chi connectivity index (χ2v) is 0. The number of hydrogen-bond donors (Lipinski definition) is 0. The Bertz CT molecular complexity index is 8.00. The van der Waals surface area contributed by atoms with Crippen molar-refractivity contribution in [3.63, 3.8) is 0 Å². The van der Waals surface area contributed by atoms with Gasteiger partial charge in [-0.3, -0.25) is 0 Å². The molecule has 0 unspecified atom stereocenters. The van der Waals surface area contributed by atoms with Gasteiger partial charge in [0, 0.05) is 0 Å². The van der Waals surface area contributed by atoms with E-state index < -0.39 is 0 Å². The summed E-state index contributed by atoms with van der Waals surface area (Å²) < 4.78 is 8.25. The van der Waals surface area contributed by atoms with Crippen molar-refractivity contribution in [1.29, 1.82) is 0 Å². The van der Waals surface area contributed by atoms with Crippen molar-refractivity contribution < 1.29 is 23.7 Å². The van der Waals surface area contributed by atoms with Crippen LogP contribution in [-0.4, -0.2) is 46.0 Å². The number of hydrogen-bond acceptors (Lipinski definition) is 1. The minimum absolute atomic E-state index is 0. The first-order chi connectivity index (χ1) is 1.00. The molecule has 0 aromatic carbocycles. The van der Waals surface area contributed by atoms with E-state index in [9.17, 15) is 0 Å². The Balaban J connectivity index is -0.00000000500. The molecule has 0 aliphatic rings. The van der Waals surface area contributed by atoms with E-state index in [1.54, 1.807) is 0 Å². The van der Waals surface area contributed by atoms with Crippen molar-refractivity contribution in [3.05, 3.63) is 0 Å². The predicted molar refractivity (Wildman–Crippen MR) is 20.6 cm³/mol. The first kappa shape index (κ1) is 16.6. The van der Waals surface area contributed by atoms with Crippen LogP contribution in [0.5, 0.6) is 0 Å². The van der Waals surface area contributed by atoms with Crippen LogP contribution >= 0.6 is 0 Å². The maximum absolute atomic E-state index is 8.25. The van der Waals surface area contributed by atoms with Gasteiger partial charge in [0.15, 0.2) is 0 Å². The summed E-state index contributed by atoms with van der Waals surface area (Å²) in [5, 5.41) is 0. The van der Waals surface area contributed by atoms with Gasteiger partial charge in [0.05, 0.1) is 0 Å². The normalized spacial score (nSPS) is 0.750. The van der Waals surface area contributed by atoms with Crippen LogP contribution in [0.15, 0.2) is 0 Å². The zero-order valence-electron chi connectivity index (χ0n) is 1.62. The quantitative estimate of drug-likeness (QED) is 0.443. The summed E-state index contributed by atoms with van der Waals surface area (Å²) in [6.07, 6.45) is 0. The molecule has 0 amide bonds. The molecule has 0 rings (SSSR count). The second kappa shape index (κ2) is 19.8. The second-order valence-electron chi connectivity index (χ2n) is 0.